The molecule has 2 atom stereocenters. The molecule has 0 radical (unpaired) electrons. The first-order chi connectivity index (χ1) is 19.6. The molecule has 2 heterocycles. The van der Waals surface area contributed by atoms with Crippen LogP contribution in [0.5, 0.6) is 5.75 Å². The summed E-state index contributed by atoms with van der Waals surface area (Å²) in [6.07, 6.45) is 1.18. The summed E-state index contributed by atoms with van der Waals surface area (Å²) in [5, 5.41) is 18.0. The van der Waals surface area contributed by atoms with Gasteiger partial charge in [-0.25, -0.2) is 0 Å². The van der Waals surface area contributed by atoms with Gasteiger partial charge in [0.15, 0.2) is 0 Å². The van der Waals surface area contributed by atoms with Gasteiger partial charge in [0.25, 0.3) is 0 Å². The lowest BCUT2D eigenvalue weighted by Gasteiger charge is -2.25. The standard InChI is InChI=1S/C33H31N5O2/c1-21-12-14-23(15-13-21)18-30(39)34-29-20-25(26-10-6-7-11-27(26)33-35-37-38-36-33)19-28-31(24-8-4-3-5-9-24)22(2)16-17-40-32(28)29/h3-15,19-20,22,31H,16-18H2,1-2H3,(H,34,39)(H,35,36,37,38). The van der Waals surface area contributed by atoms with Crippen molar-refractivity contribution < 1.29 is 9.53 Å². The Balaban J connectivity index is 1.49. The Morgan fingerprint density at radius 1 is 0.975 bits per heavy atom. The van der Waals surface area contributed by atoms with Gasteiger partial charge in [0.2, 0.25) is 11.7 Å². The van der Waals surface area contributed by atoms with Crippen molar-refractivity contribution >= 4 is 11.6 Å². The van der Waals surface area contributed by atoms with Gasteiger partial charge in [-0.2, -0.15) is 5.21 Å². The molecule has 1 amide bonds. The number of aromatic amines is 1. The van der Waals surface area contributed by atoms with E-state index in [1.807, 2.05) is 67.6 Å². The average molecular weight is 530 g/mol. The van der Waals surface area contributed by atoms with Crippen molar-refractivity contribution in [1.82, 2.24) is 20.6 Å². The summed E-state index contributed by atoms with van der Waals surface area (Å²) in [5.41, 5.74) is 7.83. The molecule has 1 aromatic heterocycles. The number of fused-ring (bicyclic) bond motifs is 1. The number of carbonyl (C=O) groups excluding carboxylic acids is 1. The molecular weight excluding hydrogens is 498 g/mol. The Labute approximate surface area is 233 Å². The quantitative estimate of drug-likeness (QED) is 0.259. The van der Waals surface area contributed by atoms with Crippen LogP contribution in [-0.2, 0) is 11.2 Å². The van der Waals surface area contributed by atoms with E-state index < -0.39 is 0 Å². The maximum absolute atomic E-state index is 13.4. The summed E-state index contributed by atoms with van der Waals surface area (Å²) in [4.78, 5) is 13.4. The number of hydrogen-bond acceptors (Lipinski definition) is 5. The van der Waals surface area contributed by atoms with E-state index in [2.05, 4.69) is 63.2 Å². The molecule has 6 rings (SSSR count). The lowest BCUT2D eigenvalue weighted by Crippen LogP contribution is -2.16. The lowest BCUT2D eigenvalue weighted by atomic mass is 9.79. The van der Waals surface area contributed by atoms with Crippen molar-refractivity contribution in [2.24, 2.45) is 5.92 Å². The van der Waals surface area contributed by atoms with E-state index in [0.29, 0.717) is 24.0 Å². The molecule has 0 fully saturated rings. The molecule has 2 N–H and O–H groups in total. The topological polar surface area (TPSA) is 92.8 Å². The molecule has 4 aromatic carbocycles. The monoisotopic (exact) mass is 529 g/mol. The summed E-state index contributed by atoms with van der Waals surface area (Å²) < 4.78 is 6.41. The molecule has 0 spiro atoms. The van der Waals surface area contributed by atoms with Crippen molar-refractivity contribution in [2.45, 2.75) is 32.6 Å². The molecule has 0 aliphatic carbocycles. The van der Waals surface area contributed by atoms with Crippen LogP contribution in [0.25, 0.3) is 22.5 Å². The van der Waals surface area contributed by atoms with Gasteiger partial charge in [-0.15, -0.1) is 10.2 Å². The van der Waals surface area contributed by atoms with Crippen molar-refractivity contribution in [1.29, 1.82) is 0 Å². The second-order valence-electron chi connectivity index (χ2n) is 10.4. The largest absolute Gasteiger partial charge is 0.491 e. The van der Waals surface area contributed by atoms with E-state index in [9.17, 15) is 4.79 Å². The number of carbonyl (C=O) groups is 1. The predicted octanol–water partition coefficient (Wildman–Crippen LogP) is 6.57. The Hall–Kier alpha value is -4.78. The predicted molar refractivity (Wildman–Crippen MR) is 156 cm³/mol. The van der Waals surface area contributed by atoms with E-state index in [1.54, 1.807) is 0 Å². The van der Waals surface area contributed by atoms with E-state index in [0.717, 1.165) is 45.6 Å². The van der Waals surface area contributed by atoms with Gasteiger partial charge in [0, 0.05) is 17.0 Å². The number of aromatic nitrogens is 4. The molecule has 200 valence electrons. The summed E-state index contributed by atoms with van der Waals surface area (Å²) in [5.74, 6) is 1.59. The zero-order valence-corrected chi connectivity index (χ0v) is 22.6. The van der Waals surface area contributed by atoms with E-state index in [-0.39, 0.29) is 18.2 Å². The third-order valence-corrected chi connectivity index (χ3v) is 7.58. The molecule has 0 bridgehead atoms. The molecule has 7 heteroatoms. The SMILES string of the molecule is Cc1ccc(CC(=O)Nc2cc(-c3ccccc3-c3nn[nH]n3)cc3c2OCCC(C)C3c2ccccc2)cc1. The minimum atomic E-state index is -0.0909. The molecule has 1 aliphatic rings. The van der Waals surface area contributed by atoms with Crippen LogP contribution in [-0.4, -0.2) is 33.1 Å². The van der Waals surface area contributed by atoms with Crippen LogP contribution in [0, 0.1) is 12.8 Å². The van der Waals surface area contributed by atoms with Gasteiger partial charge in [0.05, 0.1) is 18.7 Å². The number of rotatable bonds is 6. The highest BCUT2D eigenvalue weighted by molar-refractivity contribution is 5.96. The molecule has 0 saturated heterocycles. The number of anilines is 1. The summed E-state index contributed by atoms with van der Waals surface area (Å²) >= 11 is 0. The number of nitrogens with zero attached hydrogens (tertiary/aromatic N) is 3. The first-order valence-corrected chi connectivity index (χ1v) is 13.6. The highest BCUT2D eigenvalue weighted by atomic mass is 16.5. The number of aryl methyl sites for hydroxylation is 1. The van der Waals surface area contributed by atoms with Crippen LogP contribution in [0.3, 0.4) is 0 Å². The van der Waals surface area contributed by atoms with Crippen molar-refractivity contribution in [3.8, 4) is 28.3 Å². The Kier molecular flexibility index (Phi) is 7.10. The average Bonchev–Trinajstić information content (AvgIpc) is 3.45. The number of amides is 1. The number of benzene rings is 4. The van der Waals surface area contributed by atoms with Crippen LogP contribution < -0.4 is 10.1 Å². The van der Waals surface area contributed by atoms with Gasteiger partial charge in [0.1, 0.15) is 5.75 Å². The smallest absolute Gasteiger partial charge is 0.228 e. The van der Waals surface area contributed by atoms with E-state index in [1.165, 1.54) is 5.56 Å². The lowest BCUT2D eigenvalue weighted by molar-refractivity contribution is -0.115. The molecule has 0 saturated carbocycles. The zero-order chi connectivity index (χ0) is 27.5. The van der Waals surface area contributed by atoms with Crippen LogP contribution in [0.2, 0.25) is 0 Å². The van der Waals surface area contributed by atoms with E-state index >= 15 is 0 Å². The number of H-pyrrole nitrogens is 1. The third kappa shape index (κ3) is 5.23. The molecule has 2 unspecified atom stereocenters. The molecule has 40 heavy (non-hydrogen) atoms. The fraction of sp³-hybridized carbons (Fsp3) is 0.212. The minimum Gasteiger partial charge on any atom is -0.491 e. The number of ether oxygens (including phenoxy) is 1. The Morgan fingerprint density at radius 3 is 2.48 bits per heavy atom. The first kappa shape index (κ1) is 25.5. The second-order valence-corrected chi connectivity index (χ2v) is 10.4. The van der Waals surface area contributed by atoms with Gasteiger partial charge in [-0.05, 0) is 58.9 Å². The molecule has 5 aromatic rings. The van der Waals surface area contributed by atoms with Crippen LogP contribution >= 0.6 is 0 Å². The third-order valence-electron chi connectivity index (χ3n) is 7.58. The van der Waals surface area contributed by atoms with Crippen LogP contribution in [0.15, 0.2) is 91.0 Å². The highest BCUT2D eigenvalue weighted by Gasteiger charge is 2.30. The van der Waals surface area contributed by atoms with Gasteiger partial charge >= 0.3 is 0 Å². The maximum Gasteiger partial charge on any atom is 0.228 e. The van der Waals surface area contributed by atoms with Gasteiger partial charge in [-0.1, -0.05) is 91.3 Å². The summed E-state index contributed by atoms with van der Waals surface area (Å²) in [6, 6.07) is 30.8. The van der Waals surface area contributed by atoms with Gasteiger partial charge in [-0.3, -0.25) is 4.79 Å². The van der Waals surface area contributed by atoms with E-state index in [4.69, 9.17) is 4.74 Å². The Bertz CT molecular complexity index is 1620. The van der Waals surface area contributed by atoms with Crippen LogP contribution in [0.4, 0.5) is 5.69 Å². The normalized spacial score (nSPS) is 16.4. The zero-order valence-electron chi connectivity index (χ0n) is 22.6. The summed E-state index contributed by atoms with van der Waals surface area (Å²) in [6.45, 7) is 4.89. The molecular formula is C33H31N5O2. The number of tetrazole rings is 1. The van der Waals surface area contributed by atoms with Gasteiger partial charge < -0.3 is 10.1 Å². The van der Waals surface area contributed by atoms with Crippen molar-refractivity contribution in [2.75, 3.05) is 11.9 Å². The number of hydrogen-bond donors (Lipinski definition) is 2. The maximum atomic E-state index is 13.4. The molecule has 1 aliphatic heterocycles. The van der Waals surface area contributed by atoms with Crippen molar-refractivity contribution in [3.05, 3.63) is 113 Å². The van der Waals surface area contributed by atoms with Crippen molar-refractivity contribution in [3.63, 3.8) is 0 Å². The molecule has 7 nitrogen and oxygen atoms in total. The first-order valence-electron chi connectivity index (χ1n) is 13.6. The number of nitrogens with one attached hydrogen (secondary N) is 2. The fourth-order valence-electron chi connectivity index (χ4n) is 5.57. The van der Waals surface area contributed by atoms with Crippen LogP contribution in [0.1, 0.15) is 41.5 Å². The minimum absolute atomic E-state index is 0.0909. The summed E-state index contributed by atoms with van der Waals surface area (Å²) in [7, 11) is 0. The second kappa shape index (κ2) is 11.1. The Morgan fingerprint density at radius 2 is 1.73 bits per heavy atom. The highest BCUT2D eigenvalue weighted by Crippen LogP contribution is 2.47. The fourth-order valence-corrected chi connectivity index (χ4v) is 5.57.